The Hall–Kier alpha value is -3.33. The molecule has 1 saturated heterocycles. The van der Waals surface area contributed by atoms with Gasteiger partial charge >= 0.3 is 6.18 Å². The predicted molar refractivity (Wildman–Crippen MR) is 145 cm³/mol. The molecule has 0 saturated carbocycles. The summed E-state index contributed by atoms with van der Waals surface area (Å²) in [7, 11) is 1.55. The largest absolute Gasteiger partial charge is 0.496 e. The Kier molecular flexibility index (Phi) is 9.96. The molecule has 6 nitrogen and oxygen atoms in total. The Morgan fingerprint density at radius 3 is 2.58 bits per heavy atom. The summed E-state index contributed by atoms with van der Waals surface area (Å²) in [4.78, 5) is 20.0. The summed E-state index contributed by atoms with van der Waals surface area (Å²) < 4.78 is 52.5. The highest BCUT2D eigenvalue weighted by atomic mass is 19.4. The van der Waals surface area contributed by atoms with Crippen LogP contribution < -0.4 is 10.1 Å². The van der Waals surface area contributed by atoms with Crippen LogP contribution >= 0.6 is 0 Å². The Morgan fingerprint density at radius 2 is 1.95 bits per heavy atom. The number of likely N-dealkylation sites (N-methyl/N-ethyl adjacent to an activating group) is 1. The van der Waals surface area contributed by atoms with Crippen molar-refractivity contribution in [2.75, 3.05) is 32.1 Å². The molecule has 38 heavy (non-hydrogen) atoms. The molecule has 0 spiro atoms. The van der Waals surface area contributed by atoms with Crippen molar-refractivity contribution in [1.82, 2.24) is 4.90 Å². The first kappa shape index (κ1) is 29.2. The van der Waals surface area contributed by atoms with Crippen molar-refractivity contribution >= 4 is 29.3 Å². The third-order valence-electron chi connectivity index (χ3n) is 6.74. The number of amides is 1. The number of benzene rings is 2. The lowest BCUT2D eigenvalue weighted by molar-refractivity contribution is -0.137. The van der Waals surface area contributed by atoms with Crippen molar-refractivity contribution in [1.29, 1.82) is 0 Å². The number of hydrogen-bond acceptors (Lipinski definition) is 5. The number of rotatable bonds is 10. The number of anilines is 1. The van der Waals surface area contributed by atoms with Gasteiger partial charge in [-0.05, 0) is 76.0 Å². The molecule has 0 bridgehead atoms. The zero-order chi connectivity index (χ0) is 27.9. The van der Waals surface area contributed by atoms with Gasteiger partial charge < -0.3 is 14.8 Å². The summed E-state index contributed by atoms with van der Waals surface area (Å²) in [6, 6.07) is 8.54. The van der Waals surface area contributed by atoms with E-state index < -0.39 is 17.6 Å². The molecular formula is C29H36F3N3O3. The number of nitrogens with one attached hydrogen (secondary N) is 1. The lowest BCUT2D eigenvalue weighted by atomic mass is 10.0. The summed E-state index contributed by atoms with van der Waals surface area (Å²) in [6.07, 6.45) is -0.342. The Labute approximate surface area is 222 Å². The predicted octanol–water partition coefficient (Wildman–Crippen LogP) is 7.33. The second-order valence-corrected chi connectivity index (χ2v) is 9.19. The molecule has 1 atom stereocenters. The van der Waals surface area contributed by atoms with Crippen LogP contribution in [0.5, 0.6) is 5.75 Å². The van der Waals surface area contributed by atoms with Gasteiger partial charge in [0.15, 0.2) is 0 Å². The van der Waals surface area contributed by atoms with Crippen molar-refractivity contribution < 1.29 is 27.4 Å². The van der Waals surface area contributed by atoms with Crippen LogP contribution in [-0.2, 0) is 10.9 Å². The van der Waals surface area contributed by atoms with Gasteiger partial charge in [-0.1, -0.05) is 19.9 Å². The number of nitrogens with zero attached hydrogens (tertiary/aromatic N) is 2. The number of likely N-dealkylation sites (tertiary alicyclic amines) is 1. The minimum atomic E-state index is -4.60. The van der Waals surface area contributed by atoms with E-state index in [2.05, 4.69) is 22.1 Å². The molecule has 0 radical (unpaired) electrons. The maximum Gasteiger partial charge on any atom is 0.416 e. The smallest absolute Gasteiger partial charge is 0.416 e. The van der Waals surface area contributed by atoms with Gasteiger partial charge in [-0.15, -0.1) is 0 Å². The van der Waals surface area contributed by atoms with E-state index in [0.717, 1.165) is 50.1 Å². The van der Waals surface area contributed by atoms with Crippen molar-refractivity contribution in [3.05, 3.63) is 58.7 Å². The first-order valence-corrected chi connectivity index (χ1v) is 12.9. The minimum absolute atomic E-state index is 0.0114. The number of aliphatic imine (C=N–C) groups is 1. The van der Waals surface area contributed by atoms with Gasteiger partial charge in [-0.3, -0.25) is 14.7 Å². The lowest BCUT2D eigenvalue weighted by Crippen LogP contribution is -2.33. The highest BCUT2D eigenvalue weighted by molar-refractivity contribution is 6.09. The number of halogens is 3. The number of hydrogen-bond donors (Lipinski definition) is 1. The molecule has 2 aromatic carbocycles. The van der Waals surface area contributed by atoms with Crippen LogP contribution in [0.15, 0.2) is 47.0 Å². The van der Waals surface area contributed by atoms with E-state index in [1.807, 2.05) is 13.8 Å². The molecule has 1 aliphatic rings. The molecule has 206 valence electrons. The van der Waals surface area contributed by atoms with Gasteiger partial charge in [0.1, 0.15) is 18.1 Å². The van der Waals surface area contributed by atoms with E-state index in [1.54, 1.807) is 38.4 Å². The van der Waals surface area contributed by atoms with E-state index in [-0.39, 0.29) is 29.6 Å². The Bertz CT molecular complexity index is 1190. The van der Waals surface area contributed by atoms with Crippen LogP contribution in [-0.4, -0.2) is 49.9 Å². The van der Waals surface area contributed by atoms with Crippen LogP contribution in [0.3, 0.4) is 0 Å². The molecule has 9 heteroatoms. The molecule has 1 N–H and O–H groups in total. The fourth-order valence-corrected chi connectivity index (χ4v) is 4.66. The van der Waals surface area contributed by atoms with Crippen molar-refractivity contribution in [2.24, 2.45) is 4.99 Å². The van der Waals surface area contributed by atoms with Crippen molar-refractivity contribution in [2.45, 2.75) is 59.2 Å². The highest BCUT2D eigenvalue weighted by Crippen LogP contribution is 2.36. The summed E-state index contributed by atoms with van der Waals surface area (Å²) in [5.74, 6) is 0.0719. The average molecular weight is 532 g/mol. The SMILES string of the molecule is CC=Nc1c(C(=O)Nc2cc(OCC3CCCN3CC)cc(C(F)(F)F)c2)cccc1/C(OC)=C(\C)CC. The van der Waals surface area contributed by atoms with Crippen LogP contribution in [0, 0.1) is 0 Å². The number of ether oxygens (including phenoxy) is 2. The Morgan fingerprint density at radius 1 is 1.21 bits per heavy atom. The minimum Gasteiger partial charge on any atom is -0.496 e. The van der Waals surface area contributed by atoms with Crippen LogP contribution in [0.2, 0.25) is 0 Å². The molecule has 1 heterocycles. The molecule has 0 aromatic heterocycles. The fraction of sp³-hybridized carbons (Fsp3) is 0.448. The van der Waals surface area contributed by atoms with E-state index in [4.69, 9.17) is 9.47 Å². The van der Waals surface area contributed by atoms with Gasteiger partial charge in [0.25, 0.3) is 5.91 Å². The number of para-hydroxylation sites is 1. The first-order chi connectivity index (χ1) is 18.1. The van der Waals surface area contributed by atoms with Gasteiger partial charge in [0, 0.05) is 29.6 Å². The summed E-state index contributed by atoms with van der Waals surface area (Å²) in [5.41, 5.74) is 1.28. The molecule has 1 aliphatic heterocycles. The maximum absolute atomic E-state index is 13.7. The Balaban J connectivity index is 1.95. The number of methoxy groups -OCH3 is 1. The van der Waals surface area contributed by atoms with Crippen LogP contribution in [0.25, 0.3) is 5.76 Å². The van der Waals surface area contributed by atoms with Gasteiger partial charge in [-0.25, -0.2) is 0 Å². The van der Waals surface area contributed by atoms with Crippen molar-refractivity contribution in [3.8, 4) is 5.75 Å². The summed E-state index contributed by atoms with van der Waals surface area (Å²) in [6.45, 7) is 9.79. The topological polar surface area (TPSA) is 63.2 Å². The summed E-state index contributed by atoms with van der Waals surface area (Å²) in [5, 5.41) is 2.63. The summed E-state index contributed by atoms with van der Waals surface area (Å²) >= 11 is 0. The number of carbonyl (C=O) groups excluding carboxylic acids is 1. The van der Waals surface area contributed by atoms with Crippen LogP contribution in [0.4, 0.5) is 24.5 Å². The lowest BCUT2D eigenvalue weighted by Gasteiger charge is -2.23. The van der Waals surface area contributed by atoms with Gasteiger partial charge in [-0.2, -0.15) is 13.2 Å². The monoisotopic (exact) mass is 531 g/mol. The molecule has 1 fully saturated rings. The first-order valence-electron chi connectivity index (χ1n) is 12.9. The molecule has 3 rings (SSSR count). The van der Waals surface area contributed by atoms with E-state index >= 15 is 0 Å². The van der Waals surface area contributed by atoms with E-state index in [9.17, 15) is 18.0 Å². The van der Waals surface area contributed by atoms with E-state index in [0.29, 0.717) is 17.0 Å². The standard InChI is InChI=1S/C29H36F3N3O3/c1-6-19(4)27(37-5)24-12-9-13-25(26(24)33-7-2)28(36)34-21-15-20(29(30,31)32)16-23(17-21)38-18-22-11-10-14-35(22)8-3/h7,9,12-13,15-17,22H,6,8,10-11,14,18H2,1-5H3,(H,34,36)/b27-19-,33-7?. The molecule has 1 amide bonds. The zero-order valence-electron chi connectivity index (χ0n) is 22.6. The van der Waals surface area contributed by atoms with E-state index in [1.165, 1.54) is 6.07 Å². The third kappa shape index (κ3) is 6.95. The number of allylic oxidation sites excluding steroid dienone is 1. The van der Waals surface area contributed by atoms with Gasteiger partial charge in [0.2, 0.25) is 0 Å². The molecular weight excluding hydrogens is 495 g/mol. The third-order valence-corrected chi connectivity index (χ3v) is 6.74. The fourth-order valence-electron chi connectivity index (χ4n) is 4.66. The maximum atomic E-state index is 13.7. The number of alkyl halides is 3. The molecule has 0 aliphatic carbocycles. The second kappa shape index (κ2) is 13.0. The molecule has 1 unspecified atom stereocenters. The molecule has 2 aromatic rings. The normalized spacial score (nSPS) is 17.0. The quantitative estimate of drug-likeness (QED) is 0.258. The highest BCUT2D eigenvalue weighted by Gasteiger charge is 2.32. The second-order valence-electron chi connectivity index (χ2n) is 9.19. The number of carbonyl (C=O) groups is 1. The van der Waals surface area contributed by atoms with Crippen LogP contribution in [0.1, 0.15) is 68.4 Å². The zero-order valence-corrected chi connectivity index (χ0v) is 22.6. The average Bonchev–Trinajstić information content (AvgIpc) is 3.35. The van der Waals surface area contributed by atoms with Crippen molar-refractivity contribution in [3.63, 3.8) is 0 Å². The van der Waals surface area contributed by atoms with Gasteiger partial charge in [0.05, 0.1) is 23.9 Å².